The van der Waals surface area contributed by atoms with E-state index in [1.165, 1.54) is 47.8 Å². The molecule has 0 saturated heterocycles. The molecular formula is C37H39FN2O11S. The normalized spacial score (nSPS) is 13.3. The van der Waals surface area contributed by atoms with Crippen LogP contribution in [-0.2, 0) is 35.6 Å². The van der Waals surface area contributed by atoms with Crippen LogP contribution in [0.2, 0.25) is 0 Å². The fraction of sp³-hybridized carbons (Fsp3) is 0.324. The Hall–Kier alpha value is -5.09. The van der Waals surface area contributed by atoms with Crippen LogP contribution >= 0.6 is 0 Å². The fourth-order valence-electron chi connectivity index (χ4n) is 5.52. The van der Waals surface area contributed by atoms with Gasteiger partial charge in [0.2, 0.25) is 15.8 Å². The monoisotopic (exact) mass is 738 g/mol. The number of aliphatic carboxylic acids is 1. The number of nitrogens with one attached hydrogen (secondary N) is 1. The second-order valence-electron chi connectivity index (χ2n) is 12.1. The predicted octanol–water partition coefficient (Wildman–Crippen LogP) is 5.20. The van der Waals surface area contributed by atoms with Gasteiger partial charge in [-0.3, -0.25) is 13.9 Å². The number of furan rings is 1. The van der Waals surface area contributed by atoms with Gasteiger partial charge in [-0.05, 0) is 60.2 Å². The summed E-state index contributed by atoms with van der Waals surface area (Å²) in [6.07, 6.45) is 3.51. The largest absolute Gasteiger partial charge is 0.502 e. The van der Waals surface area contributed by atoms with E-state index in [0.717, 1.165) is 30.2 Å². The number of allylic oxidation sites excluding steroid dienone is 1. The van der Waals surface area contributed by atoms with E-state index in [1.54, 1.807) is 18.2 Å². The number of carboxylic acids is 1. The van der Waals surface area contributed by atoms with Crippen LogP contribution in [0.1, 0.15) is 50.6 Å². The first-order chi connectivity index (χ1) is 24.9. The molecule has 0 spiro atoms. The van der Waals surface area contributed by atoms with Gasteiger partial charge >= 0.3 is 5.97 Å². The van der Waals surface area contributed by atoms with Crippen molar-refractivity contribution in [3.05, 3.63) is 101 Å². The highest BCUT2D eigenvalue weighted by Crippen LogP contribution is 2.48. The summed E-state index contributed by atoms with van der Waals surface area (Å²) in [6, 6.07) is 15.4. The summed E-state index contributed by atoms with van der Waals surface area (Å²) >= 11 is 0. The molecule has 13 nitrogen and oxygen atoms in total. The Kier molecular flexibility index (Phi) is 12.4. The summed E-state index contributed by atoms with van der Waals surface area (Å²) in [6.45, 7) is 1.38. The van der Waals surface area contributed by atoms with Crippen molar-refractivity contribution >= 4 is 44.3 Å². The number of amides is 1. The number of ether oxygens (including phenoxy) is 3. The van der Waals surface area contributed by atoms with Crippen LogP contribution in [0.5, 0.6) is 0 Å². The highest BCUT2D eigenvalue weighted by Gasteiger charge is 2.33. The number of sulfonamides is 1. The standard InChI is InChI=1S/C37H39FN2O11S/c1-39-36(43)34-29-19-28(24-7-8-24)30(20-33(29)51-35(34)26-9-11-27(38)12-10-26)40(52(2,46)47)13-14-48-15-16-49-17-18-50-22-23-3-5-25(6-4-23)31(41)21-32(42)37(44)45/h3-6,9-12,19-21,24,42H,7-8,13-18,22H2,1-2H3,(H,39,43)(H,44,45)/b32-21-. The summed E-state index contributed by atoms with van der Waals surface area (Å²) in [7, 11) is -2.24. The zero-order chi connectivity index (χ0) is 37.4. The molecule has 1 heterocycles. The maximum atomic E-state index is 13.7. The van der Waals surface area contributed by atoms with E-state index in [-0.39, 0.29) is 74.9 Å². The lowest BCUT2D eigenvalue weighted by molar-refractivity contribution is -0.135. The Morgan fingerprint density at radius 2 is 1.58 bits per heavy atom. The molecule has 1 aromatic heterocycles. The van der Waals surface area contributed by atoms with Gasteiger partial charge in [-0.25, -0.2) is 17.6 Å². The summed E-state index contributed by atoms with van der Waals surface area (Å²) in [4.78, 5) is 35.7. The first kappa shape index (κ1) is 38.1. The molecule has 3 N–H and O–H groups in total. The zero-order valence-electron chi connectivity index (χ0n) is 28.6. The number of benzene rings is 3. The van der Waals surface area contributed by atoms with Crippen molar-refractivity contribution in [2.24, 2.45) is 0 Å². The number of carbonyl (C=O) groups excluding carboxylic acids is 2. The predicted molar refractivity (Wildman–Crippen MR) is 190 cm³/mol. The number of carboxylic acid groups (broad SMARTS) is 1. The highest BCUT2D eigenvalue weighted by molar-refractivity contribution is 7.92. The third-order valence-corrected chi connectivity index (χ3v) is 9.44. The second kappa shape index (κ2) is 17.0. The third kappa shape index (κ3) is 9.61. The van der Waals surface area contributed by atoms with Crippen LogP contribution in [0.4, 0.5) is 10.1 Å². The number of aliphatic hydroxyl groups excluding tert-OH is 1. The van der Waals surface area contributed by atoms with Gasteiger partial charge in [0.25, 0.3) is 5.91 Å². The second-order valence-corrected chi connectivity index (χ2v) is 14.0. The maximum absolute atomic E-state index is 13.7. The molecule has 1 aliphatic rings. The topological polar surface area (TPSA) is 182 Å². The smallest absolute Gasteiger partial charge is 0.371 e. The van der Waals surface area contributed by atoms with Crippen molar-refractivity contribution in [1.29, 1.82) is 0 Å². The molecule has 3 aromatic carbocycles. The summed E-state index contributed by atoms with van der Waals surface area (Å²) in [5, 5.41) is 21.1. The number of rotatable bonds is 19. The minimum atomic E-state index is -3.75. The van der Waals surface area contributed by atoms with Crippen LogP contribution in [0.25, 0.3) is 22.3 Å². The fourth-order valence-corrected chi connectivity index (χ4v) is 6.44. The quantitative estimate of drug-likeness (QED) is 0.0498. The van der Waals surface area contributed by atoms with Gasteiger partial charge in [-0.2, -0.15) is 0 Å². The Morgan fingerprint density at radius 1 is 0.942 bits per heavy atom. The number of anilines is 1. The molecule has 0 radical (unpaired) electrons. The van der Waals surface area contributed by atoms with Gasteiger partial charge in [-0.1, -0.05) is 24.3 Å². The van der Waals surface area contributed by atoms with Gasteiger partial charge in [0.15, 0.2) is 5.78 Å². The number of nitrogens with zero attached hydrogens (tertiary/aromatic N) is 1. The summed E-state index contributed by atoms with van der Waals surface area (Å²) in [5.74, 6) is -3.71. The summed E-state index contributed by atoms with van der Waals surface area (Å²) < 4.78 is 64.1. The van der Waals surface area contributed by atoms with Crippen molar-refractivity contribution in [3.8, 4) is 11.3 Å². The number of hydrogen-bond acceptors (Lipinski definition) is 10. The minimum absolute atomic E-state index is 0.0302. The van der Waals surface area contributed by atoms with Gasteiger partial charge < -0.3 is 34.2 Å². The van der Waals surface area contributed by atoms with Gasteiger partial charge in [0.05, 0.1) is 63.7 Å². The van der Waals surface area contributed by atoms with E-state index in [0.29, 0.717) is 28.3 Å². The molecule has 0 aliphatic heterocycles. The van der Waals surface area contributed by atoms with E-state index in [1.807, 2.05) is 6.07 Å². The average Bonchev–Trinajstić information content (AvgIpc) is 3.90. The molecule has 0 unspecified atom stereocenters. The number of fused-ring (bicyclic) bond motifs is 1. The molecule has 0 bridgehead atoms. The molecule has 15 heteroatoms. The molecule has 4 aromatic rings. The van der Waals surface area contributed by atoms with Gasteiger partial charge in [0, 0.05) is 35.7 Å². The maximum Gasteiger partial charge on any atom is 0.371 e. The summed E-state index contributed by atoms with van der Waals surface area (Å²) in [5.41, 5.74) is 3.35. The van der Waals surface area contributed by atoms with Crippen LogP contribution in [0.3, 0.4) is 0 Å². The number of halogens is 1. The molecule has 5 rings (SSSR count). The molecule has 1 saturated carbocycles. The van der Waals surface area contributed by atoms with Crippen molar-refractivity contribution in [2.75, 3.05) is 57.2 Å². The van der Waals surface area contributed by atoms with Crippen LogP contribution in [0.15, 0.2) is 76.9 Å². The van der Waals surface area contributed by atoms with Crippen LogP contribution < -0.4 is 9.62 Å². The Bertz CT molecular complexity index is 2060. The number of aliphatic hydroxyl groups is 1. The molecule has 1 fully saturated rings. The van der Waals surface area contributed by atoms with Crippen molar-refractivity contribution in [2.45, 2.75) is 25.4 Å². The Morgan fingerprint density at radius 3 is 2.17 bits per heavy atom. The lowest BCUT2D eigenvalue weighted by Crippen LogP contribution is -2.34. The van der Waals surface area contributed by atoms with Crippen LogP contribution in [-0.4, -0.2) is 89.2 Å². The highest BCUT2D eigenvalue weighted by atomic mass is 32.2. The van der Waals surface area contributed by atoms with Gasteiger partial charge in [-0.15, -0.1) is 0 Å². The molecular weight excluding hydrogens is 699 g/mol. The average molecular weight is 739 g/mol. The Labute approximate surface area is 299 Å². The van der Waals surface area contributed by atoms with E-state index < -0.39 is 33.4 Å². The van der Waals surface area contributed by atoms with Crippen molar-refractivity contribution < 1.29 is 56.0 Å². The van der Waals surface area contributed by atoms with Crippen molar-refractivity contribution in [3.63, 3.8) is 0 Å². The van der Waals surface area contributed by atoms with Gasteiger partial charge in [0.1, 0.15) is 17.2 Å². The minimum Gasteiger partial charge on any atom is -0.502 e. The third-order valence-electron chi connectivity index (χ3n) is 8.26. The molecule has 52 heavy (non-hydrogen) atoms. The molecule has 276 valence electrons. The lowest BCUT2D eigenvalue weighted by Gasteiger charge is -2.25. The van der Waals surface area contributed by atoms with Crippen LogP contribution in [0, 0.1) is 5.82 Å². The molecule has 1 amide bonds. The number of hydrogen-bond donors (Lipinski definition) is 3. The molecule has 1 aliphatic carbocycles. The Balaban J connectivity index is 1.14. The SMILES string of the molecule is CNC(=O)c1c(-c2ccc(F)cc2)oc2cc(N(CCOCCOCCOCc3ccc(C(=O)/C=C(\O)C(=O)O)cc3)S(C)(=O)=O)c(C3CC3)cc12. The van der Waals surface area contributed by atoms with Crippen molar-refractivity contribution in [1.82, 2.24) is 5.32 Å². The number of carbonyl (C=O) groups is 3. The van der Waals surface area contributed by atoms with E-state index in [4.69, 9.17) is 23.7 Å². The first-order valence-corrected chi connectivity index (χ1v) is 18.3. The lowest BCUT2D eigenvalue weighted by atomic mass is 10.0. The van der Waals surface area contributed by atoms with E-state index in [2.05, 4.69) is 5.32 Å². The molecule has 0 atom stereocenters. The van der Waals surface area contributed by atoms with E-state index in [9.17, 15) is 32.3 Å². The number of ketones is 1. The van der Waals surface area contributed by atoms with E-state index >= 15 is 0 Å². The first-order valence-electron chi connectivity index (χ1n) is 16.4. The zero-order valence-corrected chi connectivity index (χ0v) is 29.4.